The first kappa shape index (κ1) is 16.5. The van der Waals surface area contributed by atoms with Crippen molar-refractivity contribution in [1.82, 2.24) is 5.32 Å². The fourth-order valence-corrected chi connectivity index (χ4v) is 2.95. The molecular formula is C17H23NO4. The number of carbonyl (C=O) groups is 2. The molecule has 0 heterocycles. The second-order valence-electron chi connectivity index (χ2n) is 5.99. The van der Waals surface area contributed by atoms with E-state index in [4.69, 9.17) is 9.84 Å². The lowest BCUT2D eigenvalue weighted by atomic mass is 9.77. The van der Waals surface area contributed by atoms with Crippen LogP contribution in [-0.2, 0) is 14.3 Å². The van der Waals surface area contributed by atoms with Gasteiger partial charge in [0.2, 0.25) is 5.91 Å². The number of methoxy groups -OCH3 is 1. The quantitative estimate of drug-likeness (QED) is 0.812. The molecule has 22 heavy (non-hydrogen) atoms. The smallest absolute Gasteiger partial charge is 0.305 e. The third-order valence-electron chi connectivity index (χ3n) is 4.46. The highest BCUT2D eigenvalue weighted by molar-refractivity contribution is 5.79. The fraction of sp³-hybridized carbons (Fsp3) is 0.529. The van der Waals surface area contributed by atoms with Crippen LogP contribution in [0.2, 0.25) is 0 Å². The monoisotopic (exact) mass is 305 g/mol. The van der Waals surface area contributed by atoms with Gasteiger partial charge in [0.05, 0.1) is 24.5 Å². The maximum absolute atomic E-state index is 12.3. The van der Waals surface area contributed by atoms with E-state index in [-0.39, 0.29) is 24.3 Å². The molecule has 1 fully saturated rings. The van der Waals surface area contributed by atoms with Crippen LogP contribution >= 0.6 is 0 Å². The summed E-state index contributed by atoms with van der Waals surface area (Å²) in [5.74, 6) is -1.09. The topological polar surface area (TPSA) is 75.6 Å². The summed E-state index contributed by atoms with van der Waals surface area (Å²) in [6.07, 6.45) is 2.98. The minimum atomic E-state index is -0.932. The van der Waals surface area contributed by atoms with Crippen LogP contribution in [0.1, 0.15) is 49.3 Å². The number of benzene rings is 1. The highest BCUT2D eigenvalue weighted by Crippen LogP contribution is 2.38. The van der Waals surface area contributed by atoms with E-state index in [0.29, 0.717) is 0 Å². The van der Waals surface area contributed by atoms with Crippen LogP contribution in [0.25, 0.3) is 0 Å². The van der Waals surface area contributed by atoms with Crippen molar-refractivity contribution in [3.63, 3.8) is 0 Å². The minimum Gasteiger partial charge on any atom is -0.481 e. The van der Waals surface area contributed by atoms with Gasteiger partial charge in [0.1, 0.15) is 0 Å². The van der Waals surface area contributed by atoms with Crippen molar-refractivity contribution < 1.29 is 19.4 Å². The Hall–Kier alpha value is -1.88. The van der Waals surface area contributed by atoms with Crippen molar-refractivity contribution in [2.45, 2.75) is 50.7 Å². The molecule has 1 atom stereocenters. The Labute approximate surface area is 130 Å². The van der Waals surface area contributed by atoms with Gasteiger partial charge in [0.25, 0.3) is 0 Å². The summed E-state index contributed by atoms with van der Waals surface area (Å²) in [5.41, 5.74) is 1.46. The standard InChI is InChI=1S/C17H23NO4/c1-12-6-3-4-7-13(12)14(10-16(20)21)18-15(19)11-17(22-2)8-5-9-17/h3-4,6-7,14H,5,8-11H2,1-2H3,(H,18,19)(H,20,21). The van der Waals surface area contributed by atoms with Crippen molar-refractivity contribution in [2.75, 3.05) is 7.11 Å². The summed E-state index contributed by atoms with van der Waals surface area (Å²) in [6.45, 7) is 1.92. The molecule has 5 heteroatoms. The van der Waals surface area contributed by atoms with E-state index >= 15 is 0 Å². The zero-order valence-electron chi connectivity index (χ0n) is 13.1. The largest absolute Gasteiger partial charge is 0.481 e. The van der Waals surface area contributed by atoms with Crippen LogP contribution < -0.4 is 5.32 Å². The zero-order chi connectivity index (χ0) is 16.2. The molecule has 1 unspecified atom stereocenters. The maximum atomic E-state index is 12.3. The summed E-state index contributed by atoms with van der Waals surface area (Å²) in [5, 5.41) is 12.0. The van der Waals surface area contributed by atoms with E-state index in [0.717, 1.165) is 30.4 Å². The van der Waals surface area contributed by atoms with Crippen molar-refractivity contribution in [1.29, 1.82) is 0 Å². The van der Waals surface area contributed by atoms with Gasteiger partial charge in [-0.15, -0.1) is 0 Å². The van der Waals surface area contributed by atoms with Crippen molar-refractivity contribution >= 4 is 11.9 Å². The van der Waals surface area contributed by atoms with Crippen molar-refractivity contribution in [3.8, 4) is 0 Å². The van der Waals surface area contributed by atoms with Gasteiger partial charge in [-0.25, -0.2) is 0 Å². The van der Waals surface area contributed by atoms with Gasteiger partial charge in [-0.05, 0) is 37.3 Å². The predicted octanol–water partition coefficient (Wildman–Crippen LogP) is 2.59. The molecule has 1 aromatic rings. The van der Waals surface area contributed by atoms with E-state index in [1.807, 2.05) is 31.2 Å². The van der Waals surface area contributed by atoms with E-state index in [1.54, 1.807) is 7.11 Å². The number of carboxylic acid groups (broad SMARTS) is 1. The number of aryl methyl sites for hydroxylation is 1. The molecule has 0 radical (unpaired) electrons. The van der Waals surface area contributed by atoms with Crippen molar-refractivity contribution in [2.24, 2.45) is 0 Å². The first-order chi connectivity index (χ1) is 10.5. The van der Waals surface area contributed by atoms with Gasteiger partial charge in [-0.2, -0.15) is 0 Å². The molecule has 2 rings (SSSR count). The molecule has 1 aliphatic carbocycles. The first-order valence-electron chi connectivity index (χ1n) is 7.57. The highest BCUT2D eigenvalue weighted by Gasteiger charge is 2.39. The lowest BCUT2D eigenvalue weighted by Gasteiger charge is -2.40. The molecule has 0 spiro atoms. The number of aliphatic carboxylic acids is 1. The number of hydrogen-bond donors (Lipinski definition) is 2. The van der Waals surface area contributed by atoms with Crippen LogP contribution in [0.4, 0.5) is 0 Å². The van der Waals surface area contributed by atoms with Crippen molar-refractivity contribution in [3.05, 3.63) is 35.4 Å². The molecule has 0 bridgehead atoms. The van der Waals surface area contributed by atoms with E-state index in [2.05, 4.69) is 5.32 Å². The molecule has 5 nitrogen and oxygen atoms in total. The molecule has 1 aromatic carbocycles. The summed E-state index contributed by atoms with van der Waals surface area (Å²) in [4.78, 5) is 23.4. The number of rotatable bonds is 7. The molecular weight excluding hydrogens is 282 g/mol. The minimum absolute atomic E-state index is 0.128. The summed E-state index contributed by atoms with van der Waals surface area (Å²) in [6, 6.07) is 7.01. The number of ether oxygens (including phenoxy) is 1. The Bertz CT molecular complexity index is 546. The van der Waals surface area contributed by atoms with Crippen LogP contribution in [-0.4, -0.2) is 29.7 Å². The molecule has 1 aliphatic rings. The predicted molar refractivity (Wildman–Crippen MR) is 82.5 cm³/mol. The maximum Gasteiger partial charge on any atom is 0.305 e. The molecule has 2 N–H and O–H groups in total. The number of hydrogen-bond acceptors (Lipinski definition) is 3. The van der Waals surface area contributed by atoms with E-state index < -0.39 is 12.0 Å². The number of carboxylic acids is 1. The second kappa shape index (κ2) is 6.92. The molecule has 1 amide bonds. The van der Waals surface area contributed by atoms with Gasteiger partial charge in [-0.1, -0.05) is 24.3 Å². The van der Waals surface area contributed by atoms with E-state index in [1.165, 1.54) is 0 Å². The van der Waals surface area contributed by atoms with Crippen LogP contribution in [0.5, 0.6) is 0 Å². The molecule has 1 saturated carbocycles. The molecule has 0 aromatic heterocycles. The first-order valence-corrected chi connectivity index (χ1v) is 7.57. The van der Waals surface area contributed by atoms with Crippen LogP contribution in [0, 0.1) is 6.92 Å². The normalized spacial score (nSPS) is 17.4. The Morgan fingerprint density at radius 2 is 2.05 bits per heavy atom. The molecule has 0 aliphatic heterocycles. The second-order valence-corrected chi connectivity index (χ2v) is 5.99. The van der Waals surface area contributed by atoms with Gasteiger partial charge in [0, 0.05) is 7.11 Å². The SMILES string of the molecule is COC1(CC(=O)NC(CC(=O)O)c2ccccc2C)CCC1. The Kier molecular flexibility index (Phi) is 5.19. The third kappa shape index (κ3) is 3.85. The Balaban J connectivity index is 2.08. The lowest BCUT2D eigenvalue weighted by molar-refractivity contribution is -0.138. The molecule has 0 saturated heterocycles. The number of carbonyl (C=O) groups excluding carboxylic acids is 1. The van der Waals surface area contributed by atoms with Crippen LogP contribution in [0.15, 0.2) is 24.3 Å². The highest BCUT2D eigenvalue weighted by atomic mass is 16.5. The summed E-state index contributed by atoms with van der Waals surface area (Å²) < 4.78 is 5.46. The Morgan fingerprint density at radius 1 is 1.36 bits per heavy atom. The summed E-state index contributed by atoms with van der Waals surface area (Å²) in [7, 11) is 1.63. The summed E-state index contributed by atoms with van der Waals surface area (Å²) >= 11 is 0. The third-order valence-corrected chi connectivity index (χ3v) is 4.46. The molecule has 120 valence electrons. The van der Waals surface area contributed by atoms with E-state index in [9.17, 15) is 9.59 Å². The van der Waals surface area contributed by atoms with Gasteiger partial charge in [-0.3, -0.25) is 9.59 Å². The van der Waals surface area contributed by atoms with Gasteiger partial charge >= 0.3 is 5.97 Å². The number of amides is 1. The number of nitrogens with one attached hydrogen (secondary N) is 1. The lowest BCUT2D eigenvalue weighted by Crippen LogP contribution is -2.44. The Morgan fingerprint density at radius 3 is 2.55 bits per heavy atom. The van der Waals surface area contributed by atoms with Gasteiger partial charge < -0.3 is 15.2 Å². The van der Waals surface area contributed by atoms with Crippen LogP contribution in [0.3, 0.4) is 0 Å². The fourth-order valence-electron chi connectivity index (χ4n) is 2.95. The zero-order valence-corrected chi connectivity index (χ0v) is 13.1. The average Bonchev–Trinajstić information content (AvgIpc) is 2.42. The average molecular weight is 305 g/mol. The van der Waals surface area contributed by atoms with Gasteiger partial charge in [0.15, 0.2) is 0 Å².